The molecule has 1 aliphatic heterocycles. The summed E-state index contributed by atoms with van der Waals surface area (Å²) >= 11 is 0. The number of hydrogen-bond acceptors (Lipinski definition) is 2. The largest absolute Gasteiger partial charge is 0.343 e. The summed E-state index contributed by atoms with van der Waals surface area (Å²) in [5, 5.41) is 3.32. The van der Waals surface area contributed by atoms with E-state index in [0.29, 0.717) is 12.1 Å². The molecule has 1 aliphatic carbocycles. The van der Waals surface area contributed by atoms with Crippen LogP contribution < -0.4 is 5.32 Å². The van der Waals surface area contributed by atoms with Gasteiger partial charge in [0, 0.05) is 19.1 Å². The van der Waals surface area contributed by atoms with Crippen molar-refractivity contribution in [1.29, 1.82) is 0 Å². The Morgan fingerprint density at radius 3 is 2.73 bits per heavy atom. The van der Waals surface area contributed by atoms with E-state index in [1.807, 2.05) is 11.9 Å². The van der Waals surface area contributed by atoms with Crippen molar-refractivity contribution in [3.8, 4) is 0 Å². The average molecular weight is 154 g/mol. The van der Waals surface area contributed by atoms with E-state index < -0.39 is 0 Å². The number of nitrogens with zero attached hydrogens (tertiary/aromatic N) is 1. The minimum atomic E-state index is 0.225. The number of hydrogen-bond donors (Lipinski definition) is 1. The molecule has 1 amide bonds. The lowest BCUT2D eigenvalue weighted by Crippen LogP contribution is -2.64. The number of nitrogens with one attached hydrogen (secondary N) is 1. The highest BCUT2D eigenvalue weighted by Gasteiger charge is 2.41. The minimum absolute atomic E-state index is 0.225. The van der Waals surface area contributed by atoms with Gasteiger partial charge in [-0.1, -0.05) is 0 Å². The summed E-state index contributed by atoms with van der Waals surface area (Å²) in [6.45, 7) is 1.45. The van der Waals surface area contributed by atoms with Gasteiger partial charge in [-0.25, -0.2) is 0 Å². The van der Waals surface area contributed by atoms with E-state index in [1.54, 1.807) is 0 Å². The Morgan fingerprint density at radius 1 is 1.55 bits per heavy atom. The maximum absolute atomic E-state index is 11.1. The van der Waals surface area contributed by atoms with Crippen LogP contribution in [0, 0.1) is 0 Å². The van der Waals surface area contributed by atoms with E-state index in [2.05, 4.69) is 5.32 Å². The Morgan fingerprint density at radius 2 is 2.27 bits per heavy atom. The molecule has 0 aromatic heterocycles. The van der Waals surface area contributed by atoms with Crippen LogP contribution in [-0.4, -0.2) is 36.5 Å². The topological polar surface area (TPSA) is 32.3 Å². The van der Waals surface area contributed by atoms with Gasteiger partial charge in [0.15, 0.2) is 0 Å². The van der Waals surface area contributed by atoms with Gasteiger partial charge in [-0.05, 0) is 19.3 Å². The van der Waals surface area contributed by atoms with Crippen molar-refractivity contribution in [2.45, 2.75) is 24.8 Å². The van der Waals surface area contributed by atoms with Crippen molar-refractivity contribution < 1.29 is 4.79 Å². The summed E-state index contributed by atoms with van der Waals surface area (Å²) in [5.41, 5.74) is 0.308. The summed E-state index contributed by atoms with van der Waals surface area (Å²) in [4.78, 5) is 12.9. The van der Waals surface area contributed by atoms with Gasteiger partial charge < -0.3 is 10.2 Å². The molecule has 1 saturated carbocycles. The Kier molecular flexibility index (Phi) is 1.42. The normalized spacial score (nSPS) is 28.8. The lowest BCUT2D eigenvalue weighted by molar-refractivity contribution is -0.134. The second-order valence-corrected chi connectivity index (χ2v) is 3.74. The summed E-state index contributed by atoms with van der Waals surface area (Å²) < 4.78 is 0. The smallest absolute Gasteiger partial charge is 0.236 e. The predicted molar refractivity (Wildman–Crippen MR) is 42.2 cm³/mol. The Bertz CT molecular complexity index is 187. The van der Waals surface area contributed by atoms with Crippen LogP contribution in [0.15, 0.2) is 0 Å². The molecular weight excluding hydrogens is 140 g/mol. The zero-order valence-corrected chi connectivity index (χ0v) is 6.89. The Balaban J connectivity index is 2.02. The molecule has 3 nitrogen and oxygen atoms in total. The number of carbonyl (C=O) groups is 1. The van der Waals surface area contributed by atoms with Crippen LogP contribution in [0.2, 0.25) is 0 Å². The van der Waals surface area contributed by atoms with Gasteiger partial charge in [-0.2, -0.15) is 0 Å². The van der Waals surface area contributed by atoms with Crippen molar-refractivity contribution in [3.05, 3.63) is 0 Å². The zero-order valence-electron chi connectivity index (χ0n) is 6.89. The molecule has 3 heteroatoms. The van der Waals surface area contributed by atoms with Crippen LogP contribution in [0.1, 0.15) is 19.3 Å². The highest BCUT2D eigenvalue weighted by Crippen LogP contribution is 2.33. The van der Waals surface area contributed by atoms with Crippen molar-refractivity contribution in [1.82, 2.24) is 10.2 Å². The van der Waals surface area contributed by atoms with Gasteiger partial charge >= 0.3 is 0 Å². The summed E-state index contributed by atoms with van der Waals surface area (Å²) in [6, 6.07) is 0. The van der Waals surface area contributed by atoms with Crippen molar-refractivity contribution in [3.63, 3.8) is 0 Å². The predicted octanol–water partition coefficient (Wildman–Crippen LogP) is -0.0293. The molecule has 0 atom stereocenters. The Labute approximate surface area is 66.8 Å². The van der Waals surface area contributed by atoms with Crippen LogP contribution in [-0.2, 0) is 4.79 Å². The van der Waals surface area contributed by atoms with E-state index in [1.165, 1.54) is 19.3 Å². The quantitative estimate of drug-likeness (QED) is 0.531. The van der Waals surface area contributed by atoms with E-state index >= 15 is 0 Å². The first-order valence-electron chi connectivity index (χ1n) is 4.21. The Hall–Kier alpha value is -0.570. The number of rotatable bonds is 0. The third kappa shape index (κ3) is 1.03. The number of amides is 1. The summed E-state index contributed by atoms with van der Waals surface area (Å²) in [6.07, 6.45) is 3.80. The van der Waals surface area contributed by atoms with E-state index in [-0.39, 0.29) is 5.91 Å². The highest BCUT2D eigenvalue weighted by atomic mass is 16.2. The van der Waals surface area contributed by atoms with Gasteiger partial charge in [0.2, 0.25) is 5.91 Å². The van der Waals surface area contributed by atoms with E-state index in [0.717, 1.165) is 6.54 Å². The van der Waals surface area contributed by atoms with Crippen LogP contribution in [0.3, 0.4) is 0 Å². The van der Waals surface area contributed by atoms with Crippen LogP contribution in [0.25, 0.3) is 0 Å². The molecule has 2 aliphatic rings. The van der Waals surface area contributed by atoms with E-state index in [4.69, 9.17) is 0 Å². The van der Waals surface area contributed by atoms with Gasteiger partial charge in [0.25, 0.3) is 0 Å². The van der Waals surface area contributed by atoms with E-state index in [9.17, 15) is 4.79 Å². The lowest BCUT2D eigenvalue weighted by atomic mass is 9.75. The summed E-state index contributed by atoms with van der Waals surface area (Å²) in [5.74, 6) is 0.225. The third-order valence-electron chi connectivity index (χ3n) is 2.89. The lowest BCUT2D eigenvalue weighted by Gasteiger charge is -2.48. The van der Waals surface area contributed by atoms with Crippen molar-refractivity contribution >= 4 is 5.91 Å². The molecule has 1 saturated heterocycles. The first-order valence-corrected chi connectivity index (χ1v) is 4.21. The number of likely N-dealkylation sites (N-methyl/N-ethyl adjacent to an activating group) is 1. The molecule has 0 bridgehead atoms. The molecule has 2 rings (SSSR count). The second kappa shape index (κ2) is 2.21. The minimum Gasteiger partial charge on any atom is -0.343 e. The van der Waals surface area contributed by atoms with Crippen LogP contribution in [0.4, 0.5) is 0 Å². The molecular formula is C8H14N2O. The highest BCUT2D eigenvalue weighted by molar-refractivity contribution is 5.79. The number of carbonyl (C=O) groups excluding carboxylic acids is 1. The molecule has 0 unspecified atom stereocenters. The van der Waals surface area contributed by atoms with Gasteiger partial charge in [-0.15, -0.1) is 0 Å². The molecule has 2 fully saturated rings. The maximum Gasteiger partial charge on any atom is 0.236 e. The molecule has 0 aromatic rings. The molecule has 1 heterocycles. The SMILES string of the molecule is CN1CC2(CCC2)NCC1=O. The fourth-order valence-corrected chi connectivity index (χ4v) is 1.93. The molecule has 11 heavy (non-hydrogen) atoms. The third-order valence-corrected chi connectivity index (χ3v) is 2.89. The monoisotopic (exact) mass is 154 g/mol. The van der Waals surface area contributed by atoms with Crippen molar-refractivity contribution in [2.24, 2.45) is 0 Å². The number of piperazine rings is 1. The van der Waals surface area contributed by atoms with Crippen molar-refractivity contribution in [2.75, 3.05) is 20.1 Å². The molecule has 62 valence electrons. The van der Waals surface area contributed by atoms with Gasteiger partial charge in [-0.3, -0.25) is 4.79 Å². The fourth-order valence-electron chi connectivity index (χ4n) is 1.93. The van der Waals surface area contributed by atoms with Gasteiger partial charge in [0.05, 0.1) is 6.54 Å². The zero-order chi connectivity index (χ0) is 7.90. The van der Waals surface area contributed by atoms with Gasteiger partial charge in [0.1, 0.15) is 0 Å². The maximum atomic E-state index is 11.1. The second-order valence-electron chi connectivity index (χ2n) is 3.74. The average Bonchev–Trinajstić information content (AvgIpc) is 1.92. The standard InChI is InChI=1S/C8H14N2O/c1-10-6-8(3-2-4-8)9-5-7(10)11/h9H,2-6H2,1H3. The first kappa shape index (κ1) is 7.10. The summed E-state index contributed by atoms with van der Waals surface area (Å²) in [7, 11) is 1.89. The first-order chi connectivity index (χ1) is 5.22. The fraction of sp³-hybridized carbons (Fsp3) is 0.875. The van der Waals surface area contributed by atoms with Crippen LogP contribution >= 0.6 is 0 Å². The molecule has 0 radical (unpaired) electrons. The molecule has 1 N–H and O–H groups in total. The van der Waals surface area contributed by atoms with Crippen LogP contribution in [0.5, 0.6) is 0 Å². The molecule has 0 aromatic carbocycles. The molecule has 1 spiro atoms.